The van der Waals surface area contributed by atoms with E-state index in [4.69, 9.17) is 14.9 Å². The van der Waals surface area contributed by atoms with E-state index in [-0.39, 0.29) is 0 Å². The van der Waals surface area contributed by atoms with E-state index in [1.54, 1.807) is 12.3 Å². The molecule has 3 aromatic heterocycles. The average Bonchev–Trinajstić information content (AvgIpc) is 3.29. The maximum absolute atomic E-state index is 6.07. The number of anilines is 2. The normalized spacial score (nSPS) is 15.7. The van der Waals surface area contributed by atoms with E-state index in [1.807, 2.05) is 19.2 Å². The van der Waals surface area contributed by atoms with Gasteiger partial charge in [0.25, 0.3) is 0 Å². The Morgan fingerprint density at radius 1 is 1.28 bits per heavy atom. The molecular formula is C16H21N7O2. The van der Waals surface area contributed by atoms with E-state index in [0.717, 1.165) is 45.2 Å². The molecule has 0 unspecified atom stereocenters. The van der Waals surface area contributed by atoms with Crippen molar-refractivity contribution in [3.63, 3.8) is 0 Å². The number of likely N-dealkylation sites (N-methyl/N-ethyl adjacent to an activating group) is 1. The lowest BCUT2D eigenvalue weighted by Gasteiger charge is -2.28. The Bertz CT molecular complexity index is 840. The van der Waals surface area contributed by atoms with Gasteiger partial charge < -0.3 is 19.8 Å². The van der Waals surface area contributed by atoms with Crippen LogP contribution < -0.4 is 10.6 Å². The maximum Gasteiger partial charge on any atom is 0.225 e. The summed E-state index contributed by atoms with van der Waals surface area (Å²) < 4.78 is 12.2. The predicted molar refractivity (Wildman–Crippen MR) is 93.4 cm³/mol. The number of fused-ring (bicyclic) bond motifs is 1. The maximum atomic E-state index is 6.07. The monoisotopic (exact) mass is 343 g/mol. The number of rotatable bonds is 5. The minimum Gasteiger partial charge on any atom is -0.461 e. The van der Waals surface area contributed by atoms with Crippen molar-refractivity contribution >= 4 is 17.4 Å². The third-order valence-electron chi connectivity index (χ3n) is 4.32. The van der Waals surface area contributed by atoms with Gasteiger partial charge in [0.2, 0.25) is 11.8 Å². The lowest BCUT2D eigenvalue weighted by atomic mass is 10.4. The highest BCUT2D eigenvalue weighted by molar-refractivity contribution is 5.59. The van der Waals surface area contributed by atoms with Gasteiger partial charge in [-0.3, -0.25) is 4.90 Å². The third kappa shape index (κ3) is 3.28. The largest absolute Gasteiger partial charge is 0.461 e. The number of nitrogens with zero attached hydrogens (tertiary/aromatic N) is 6. The zero-order valence-corrected chi connectivity index (χ0v) is 14.1. The summed E-state index contributed by atoms with van der Waals surface area (Å²) in [7, 11) is 2.00. The molecule has 1 aliphatic rings. The van der Waals surface area contributed by atoms with E-state index < -0.39 is 0 Å². The number of hydrogen-bond acceptors (Lipinski definition) is 8. The molecule has 3 aromatic rings. The summed E-state index contributed by atoms with van der Waals surface area (Å²) in [5.74, 6) is 2.17. The molecule has 25 heavy (non-hydrogen) atoms. The first kappa shape index (κ1) is 15.9. The Balaban J connectivity index is 1.53. The molecule has 2 N–H and O–H groups in total. The lowest BCUT2D eigenvalue weighted by Crippen LogP contribution is -2.40. The van der Waals surface area contributed by atoms with E-state index in [2.05, 4.69) is 24.9 Å². The van der Waals surface area contributed by atoms with E-state index in [0.29, 0.717) is 23.2 Å². The van der Waals surface area contributed by atoms with Crippen molar-refractivity contribution in [3.05, 3.63) is 24.5 Å². The summed E-state index contributed by atoms with van der Waals surface area (Å²) in [4.78, 5) is 13.4. The van der Waals surface area contributed by atoms with Gasteiger partial charge >= 0.3 is 0 Å². The second-order valence-electron chi connectivity index (χ2n) is 6.03. The summed E-state index contributed by atoms with van der Waals surface area (Å²) in [6.45, 7) is 5.35. The molecule has 0 radical (unpaired) electrons. The molecule has 1 fully saturated rings. The number of morpholine rings is 1. The van der Waals surface area contributed by atoms with Gasteiger partial charge in [-0.2, -0.15) is 9.50 Å². The fourth-order valence-corrected chi connectivity index (χ4v) is 2.84. The summed E-state index contributed by atoms with van der Waals surface area (Å²) in [6, 6.07) is 5.50. The molecule has 1 saturated heterocycles. The van der Waals surface area contributed by atoms with Crippen molar-refractivity contribution < 1.29 is 9.15 Å². The van der Waals surface area contributed by atoms with Crippen molar-refractivity contribution in [2.75, 3.05) is 57.1 Å². The summed E-state index contributed by atoms with van der Waals surface area (Å²) in [5, 5.41) is 4.36. The fraction of sp³-hybridized carbons (Fsp3) is 0.438. The number of furan rings is 1. The van der Waals surface area contributed by atoms with Crippen LogP contribution in [0.5, 0.6) is 0 Å². The van der Waals surface area contributed by atoms with Crippen molar-refractivity contribution in [2.24, 2.45) is 0 Å². The number of hydrogen-bond donors (Lipinski definition) is 1. The molecule has 0 aliphatic carbocycles. The van der Waals surface area contributed by atoms with Crippen LogP contribution in [0, 0.1) is 0 Å². The van der Waals surface area contributed by atoms with Crippen LogP contribution in [0.1, 0.15) is 0 Å². The molecule has 0 atom stereocenters. The number of nitrogens with two attached hydrogens (primary N) is 1. The van der Waals surface area contributed by atoms with Gasteiger partial charge in [-0.05, 0) is 12.1 Å². The van der Waals surface area contributed by atoms with E-state index >= 15 is 0 Å². The molecule has 4 heterocycles. The van der Waals surface area contributed by atoms with Crippen LogP contribution in [-0.4, -0.2) is 70.9 Å². The standard InChI is InChI=1S/C16H21N7O2/c1-21(4-5-22-6-9-24-10-7-22)13-11-14-18-15(12-3-2-8-25-12)20-23(14)16(17)19-13/h2-3,8,11H,4-7,9-10H2,1H3,(H2,17,19). The highest BCUT2D eigenvalue weighted by Crippen LogP contribution is 2.20. The zero-order chi connectivity index (χ0) is 17.2. The lowest BCUT2D eigenvalue weighted by molar-refractivity contribution is 0.0393. The molecule has 9 heteroatoms. The molecule has 0 aromatic carbocycles. The van der Waals surface area contributed by atoms with E-state index in [9.17, 15) is 0 Å². The predicted octanol–water partition coefficient (Wildman–Crippen LogP) is 0.735. The Kier molecular flexibility index (Phi) is 4.24. The Hall–Kier alpha value is -2.65. The van der Waals surface area contributed by atoms with Gasteiger partial charge in [0, 0.05) is 39.3 Å². The molecule has 0 amide bonds. The number of aromatic nitrogens is 4. The minimum atomic E-state index is 0.302. The molecule has 0 saturated carbocycles. The molecule has 0 spiro atoms. The highest BCUT2D eigenvalue weighted by atomic mass is 16.5. The van der Waals surface area contributed by atoms with Gasteiger partial charge in [0.15, 0.2) is 11.4 Å². The summed E-state index contributed by atoms with van der Waals surface area (Å²) in [6.07, 6.45) is 1.59. The molecule has 1 aliphatic heterocycles. The van der Waals surface area contributed by atoms with Gasteiger partial charge in [0.1, 0.15) is 5.82 Å². The zero-order valence-electron chi connectivity index (χ0n) is 14.1. The first-order chi connectivity index (χ1) is 12.2. The van der Waals surface area contributed by atoms with Crippen LogP contribution >= 0.6 is 0 Å². The quantitative estimate of drug-likeness (QED) is 0.724. The van der Waals surface area contributed by atoms with Crippen molar-refractivity contribution in [1.29, 1.82) is 0 Å². The molecule has 132 valence electrons. The van der Waals surface area contributed by atoms with Crippen LogP contribution in [0.15, 0.2) is 28.9 Å². The Morgan fingerprint density at radius 2 is 2.12 bits per heavy atom. The van der Waals surface area contributed by atoms with Crippen LogP contribution in [0.2, 0.25) is 0 Å². The topological polar surface area (TPSA) is 98.0 Å². The fourth-order valence-electron chi connectivity index (χ4n) is 2.84. The van der Waals surface area contributed by atoms with Crippen molar-refractivity contribution in [1.82, 2.24) is 24.5 Å². The highest BCUT2D eigenvalue weighted by Gasteiger charge is 2.15. The molecular weight excluding hydrogens is 322 g/mol. The van der Waals surface area contributed by atoms with Gasteiger partial charge in [0.05, 0.1) is 19.5 Å². The minimum absolute atomic E-state index is 0.302. The Morgan fingerprint density at radius 3 is 2.88 bits per heavy atom. The van der Waals surface area contributed by atoms with Gasteiger partial charge in [-0.1, -0.05) is 0 Å². The first-order valence-corrected chi connectivity index (χ1v) is 8.29. The van der Waals surface area contributed by atoms with Crippen LogP contribution in [0.4, 0.5) is 11.8 Å². The first-order valence-electron chi connectivity index (χ1n) is 8.29. The SMILES string of the molecule is CN(CCN1CCOCC1)c1cc2nc(-c3ccco3)nn2c(N)n1. The molecule has 4 rings (SSSR count). The second kappa shape index (κ2) is 6.69. The third-order valence-corrected chi connectivity index (χ3v) is 4.32. The average molecular weight is 343 g/mol. The second-order valence-corrected chi connectivity index (χ2v) is 6.03. The smallest absolute Gasteiger partial charge is 0.225 e. The van der Waals surface area contributed by atoms with Crippen LogP contribution in [-0.2, 0) is 4.74 Å². The Labute approximate surface area is 145 Å². The van der Waals surface area contributed by atoms with E-state index in [1.165, 1.54) is 4.52 Å². The summed E-state index contributed by atoms with van der Waals surface area (Å²) >= 11 is 0. The number of nitrogen functional groups attached to an aromatic ring is 1. The van der Waals surface area contributed by atoms with Gasteiger partial charge in [-0.25, -0.2) is 4.98 Å². The number of ether oxygens (including phenoxy) is 1. The van der Waals surface area contributed by atoms with Crippen molar-refractivity contribution in [2.45, 2.75) is 0 Å². The van der Waals surface area contributed by atoms with Crippen molar-refractivity contribution in [3.8, 4) is 11.6 Å². The van der Waals surface area contributed by atoms with Gasteiger partial charge in [-0.15, -0.1) is 5.10 Å². The van der Waals surface area contributed by atoms with Crippen LogP contribution in [0.25, 0.3) is 17.2 Å². The summed E-state index contributed by atoms with van der Waals surface area (Å²) in [5.41, 5.74) is 6.71. The molecule has 0 bridgehead atoms. The molecule has 9 nitrogen and oxygen atoms in total. The van der Waals surface area contributed by atoms with Crippen LogP contribution in [0.3, 0.4) is 0 Å².